The fourth-order valence-corrected chi connectivity index (χ4v) is 4.89. The Labute approximate surface area is 210 Å². The molecule has 0 bridgehead atoms. The average Bonchev–Trinajstić information content (AvgIpc) is 3.55. The predicted molar refractivity (Wildman–Crippen MR) is 136 cm³/mol. The molecule has 11 heteroatoms. The van der Waals surface area contributed by atoms with Gasteiger partial charge in [0.1, 0.15) is 6.17 Å². The number of thiocarbonyl (C=S) groups is 1. The van der Waals surface area contributed by atoms with Crippen molar-refractivity contribution in [2.24, 2.45) is 21.8 Å². The highest BCUT2D eigenvalue weighted by atomic mass is 32.1. The number of alkyl halides is 2. The van der Waals surface area contributed by atoms with Crippen molar-refractivity contribution in [3.05, 3.63) is 29.9 Å². The van der Waals surface area contributed by atoms with Crippen LogP contribution in [0.2, 0.25) is 0 Å². The zero-order valence-electron chi connectivity index (χ0n) is 20.5. The summed E-state index contributed by atoms with van der Waals surface area (Å²) in [7, 11) is 3.62. The zero-order chi connectivity index (χ0) is 25.3. The minimum absolute atomic E-state index is 0.0422. The van der Waals surface area contributed by atoms with Crippen molar-refractivity contribution in [1.82, 2.24) is 24.9 Å². The molecule has 1 N–H and O–H groups in total. The zero-order valence-corrected chi connectivity index (χ0v) is 21.3. The maximum atomic E-state index is 15.0. The molecule has 0 aromatic carbocycles. The monoisotopic (exact) mass is 509 g/mol. The van der Waals surface area contributed by atoms with Crippen molar-refractivity contribution in [3.63, 3.8) is 0 Å². The molecule has 7 nitrogen and oxygen atoms in total. The Balaban J connectivity index is 1.59. The summed E-state index contributed by atoms with van der Waals surface area (Å²) in [5.41, 5.74) is 0.520. The molecule has 4 atom stereocenters. The molecule has 0 spiro atoms. The summed E-state index contributed by atoms with van der Waals surface area (Å²) in [6, 6.07) is 0.323. The van der Waals surface area contributed by atoms with Gasteiger partial charge in [-0.3, -0.25) is 4.68 Å². The predicted octanol–water partition coefficient (Wildman–Crippen LogP) is 4.36. The number of likely N-dealkylation sites (tertiary alicyclic amines) is 1. The average molecular weight is 510 g/mol. The molecule has 2 unspecified atom stereocenters. The summed E-state index contributed by atoms with van der Waals surface area (Å²) in [5, 5.41) is 7.99. The van der Waals surface area contributed by atoms with Crippen molar-refractivity contribution in [2.75, 3.05) is 27.2 Å². The van der Waals surface area contributed by atoms with Crippen LogP contribution in [0.15, 0.2) is 34.3 Å². The SMILES string of the molecule is C=NC(=NC(NC(=S)N(C)C)C1CC(F)=CC[C@@H]1C)N1CCC(F)(F)[C@H](c2cnn(C3CC3)c2)C1. The lowest BCUT2D eigenvalue weighted by Crippen LogP contribution is -2.50. The van der Waals surface area contributed by atoms with Crippen LogP contribution in [0.25, 0.3) is 0 Å². The quantitative estimate of drug-likeness (QED) is 0.363. The largest absolute Gasteiger partial charge is 0.355 e. The number of halogens is 3. The molecule has 1 aromatic rings. The number of nitrogens with zero attached hydrogens (tertiary/aromatic N) is 6. The van der Waals surface area contributed by atoms with E-state index in [0.717, 1.165) is 12.8 Å². The van der Waals surface area contributed by atoms with Gasteiger partial charge < -0.3 is 15.1 Å². The second-order valence-corrected chi connectivity index (χ2v) is 10.5. The Hall–Kier alpha value is -2.43. The minimum Gasteiger partial charge on any atom is -0.355 e. The Morgan fingerprint density at radius 1 is 1.37 bits per heavy atom. The van der Waals surface area contributed by atoms with Gasteiger partial charge in [0.2, 0.25) is 5.96 Å². The highest BCUT2D eigenvalue weighted by molar-refractivity contribution is 7.80. The highest BCUT2D eigenvalue weighted by Gasteiger charge is 2.46. The van der Waals surface area contributed by atoms with E-state index in [2.05, 4.69) is 22.1 Å². The third kappa shape index (κ3) is 5.87. The fourth-order valence-electron chi connectivity index (χ4n) is 4.76. The second-order valence-electron chi connectivity index (χ2n) is 10.1. The molecule has 0 amide bonds. The van der Waals surface area contributed by atoms with E-state index in [1.54, 1.807) is 33.0 Å². The van der Waals surface area contributed by atoms with Crippen molar-refractivity contribution >= 4 is 30.0 Å². The van der Waals surface area contributed by atoms with E-state index in [-0.39, 0.29) is 49.6 Å². The molecule has 2 heterocycles. The van der Waals surface area contributed by atoms with E-state index in [0.29, 0.717) is 23.1 Å². The first-order valence-electron chi connectivity index (χ1n) is 12.1. The molecular weight excluding hydrogens is 475 g/mol. The van der Waals surface area contributed by atoms with Crippen LogP contribution in [0.3, 0.4) is 0 Å². The van der Waals surface area contributed by atoms with Crippen LogP contribution in [-0.4, -0.2) is 76.6 Å². The fraction of sp³-hybridized carbons (Fsp3) is 0.667. The van der Waals surface area contributed by atoms with Gasteiger partial charge >= 0.3 is 0 Å². The van der Waals surface area contributed by atoms with Gasteiger partial charge in [0, 0.05) is 57.7 Å². The maximum absolute atomic E-state index is 15.0. The molecule has 192 valence electrons. The van der Waals surface area contributed by atoms with Gasteiger partial charge in [0.05, 0.1) is 24.0 Å². The summed E-state index contributed by atoms with van der Waals surface area (Å²) >= 11 is 5.45. The summed E-state index contributed by atoms with van der Waals surface area (Å²) in [5.74, 6) is -3.83. The summed E-state index contributed by atoms with van der Waals surface area (Å²) in [4.78, 5) is 12.4. The lowest BCUT2D eigenvalue weighted by molar-refractivity contribution is -0.0645. The van der Waals surface area contributed by atoms with Crippen molar-refractivity contribution in [2.45, 2.75) is 63.1 Å². The number of aromatic nitrogens is 2. The normalized spacial score (nSPS) is 27.7. The topological polar surface area (TPSA) is 61.1 Å². The number of aliphatic imine (C=N–C) groups is 2. The van der Waals surface area contributed by atoms with Gasteiger partial charge in [0.25, 0.3) is 5.92 Å². The van der Waals surface area contributed by atoms with Crippen LogP contribution in [0.4, 0.5) is 13.2 Å². The molecule has 2 fully saturated rings. The van der Waals surface area contributed by atoms with E-state index in [9.17, 15) is 13.2 Å². The Bertz CT molecular complexity index is 1000. The van der Waals surface area contributed by atoms with Crippen LogP contribution in [-0.2, 0) is 0 Å². The van der Waals surface area contributed by atoms with Crippen LogP contribution in [0, 0.1) is 11.8 Å². The van der Waals surface area contributed by atoms with E-state index in [1.165, 1.54) is 0 Å². The Morgan fingerprint density at radius 3 is 2.77 bits per heavy atom. The number of nitrogens with one attached hydrogen (secondary N) is 1. The van der Waals surface area contributed by atoms with Gasteiger partial charge in [-0.2, -0.15) is 5.10 Å². The first-order valence-corrected chi connectivity index (χ1v) is 12.5. The Kier molecular flexibility index (Phi) is 7.54. The lowest BCUT2D eigenvalue weighted by atomic mass is 9.81. The van der Waals surface area contributed by atoms with Crippen molar-refractivity contribution in [3.8, 4) is 0 Å². The summed E-state index contributed by atoms with van der Waals surface area (Å²) in [6.45, 7) is 5.85. The van der Waals surface area contributed by atoms with Gasteiger partial charge in [-0.25, -0.2) is 23.2 Å². The number of hydrogen-bond donors (Lipinski definition) is 1. The third-order valence-corrected chi connectivity index (χ3v) is 7.69. The molecule has 4 rings (SSSR count). The van der Waals surface area contributed by atoms with Gasteiger partial charge in [-0.15, -0.1) is 0 Å². The van der Waals surface area contributed by atoms with E-state index < -0.39 is 18.0 Å². The molecule has 3 aliphatic rings. The molecular formula is C24H34F3N7S. The number of guanidine groups is 1. The second kappa shape index (κ2) is 10.3. The summed E-state index contributed by atoms with van der Waals surface area (Å²) < 4.78 is 46.0. The Morgan fingerprint density at radius 2 is 2.11 bits per heavy atom. The third-order valence-electron chi connectivity index (χ3n) is 7.21. The van der Waals surface area contributed by atoms with Crippen molar-refractivity contribution in [1.29, 1.82) is 0 Å². The van der Waals surface area contributed by atoms with Crippen LogP contribution < -0.4 is 5.32 Å². The van der Waals surface area contributed by atoms with Crippen molar-refractivity contribution < 1.29 is 13.2 Å². The van der Waals surface area contributed by atoms with Crippen LogP contribution in [0.5, 0.6) is 0 Å². The van der Waals surface area contributed by atoms with Gasteiger partial charge in [-0.05, 0) is 44.1 Å². The number of allylic oxidation sites excluding steroid dienone is 2. The number of hydrogen-bond acceptors (Lipinski definition) is 3. The minimum atomic E-state index is -2.86. The molecule has 1 aromatic heterocycles. The van der Waals surface area contributed by atoms with Gasteiger partial charge in [-0.1, -0.05) is 13.0 Å². The molecule has 1 saturated carbocycles. The maximum Gasteiger partial charge on any atom is 0.258 e. The molecule has 1 saturated heterocycles. The standard InChI is InChI=1S/C24H34F3N7S/c1-15-5-6-17(25)11-19(15)21(31-23(35)32(3)4)30-22(28-2)33-10-9-24(26,27)20(14-33)16-12-29-34(13-16)18-7-8-18/h6,12-13,15,18-21H,2,5,7-11,14H2,1,3-4H3,(H,31,35)/t15-,19?,20-,21?/m0/s1. The number of piperidine rings is 1. The van der Waals surface area contributed by atoms with Crippen LogP contribution in [0.1, 0.15) is 56.6 Å². The molecule has 35 heavy (non-hydrogen) atoms. The highest BCUT2D eigenvalue weighted by Crippen LogP contribution is 2.42. The first kappa shape index (κ1) is 25.7. The van der Waals surface area contributed by atoms with E-state index >= 15 is 0 Å². The number of rotatable bonds is 5. The van der Waals surface area contributed by atoms with E-state index in [4.69, 9.17) is 17.2 Å². The molecule has 0 radical (unpaired) electrons. The van der Waals surface area contributed by atoms with Crippen LogP contribution >= 0.6 is 12.2 Å². The molecule has 2 aliphatic carbocycles. The smallest absolute Gasteiger partial charge is 0.258 e. The van der Waals surface area contributed by atoms with E-state index in [1.807, 2.05) is 21.0 Å². The summed E-state index contributed by atoms with van der Waals surface area (Å²) in [6.07, 6.45) is 6.90. The first-order chi connectivity index (χ1) is 16.6. The lowest BCUT2D eigenvalue weighted by Gasteiger charge is -2.39. The molecule has 1 aliphatic heterocycles. The van der Waals surface area contributed by atoms with Gasteiger partial charge in [0.15, 0.2) is 5.11 Å².